The molecular formula is C29H39Cl2N3O4S. The molecule has 1 aliphatic carbocycles. The van der Waals surface area contributed by atoms with Crippen LogP contribution < -0.4 is 9.62 Å². The quantitative estimate of drug-likeness (QED) is 0.327. The van der Waals surface area contributed by atoms with Gasteiger partial charge in [0.1, 0.15) is 6.04 Å². The molecule has 2 aromatic carbocycles. The van der Waals surface area contributed by atoms with Crippen molar-refractivity contribution in [3.8, 4) is 0 Å². The van der Waals surface area contributed by atoms with Gasteiger partial charge in [-0.15, -0.1) is 0 Å². The third-order valence-electron chi connectivity index (χ3n) is 7.29. The highest BCUT2D eigenvalue weighted by Gasteiger charge is 2.29. The zero-order chi connectivity index (χ0) is 28.6. The van der Waals surface area contributed by atoms with Crippen LogP contribution in [0, 0.1) is 0 Å². The molecule has 1 saturated carbocycles. The van der Waals surface area contributed by atoms with Gasteiger partial charge in [-0.3, -0.25) is 13.9 Å². The number of carbonyl (C=O) groups is 2. The van der Waals surface area contributed by atoms with Crippen molar-refractivity contribution in [2.24, 2.45) is 0 Å². The molecule has 214 valence electrons. The summed E-state index contributed by atoms with van der Waals surface area (Å²) in [5.74, 6) is -0.487. The number of aryl methyl sites for hydroxylation is 1. The molecule has 10 heteroatoms. The van der Waals surface area contributed by atoms with Crippen molar-refractivity contribution in [2.45, 2.75) is 83.8 Å². The summed E-state index contributed by atoms with van der Waals surface area (Å²) < 4.78 is 26.4. The third-order valence-corrected chi connectivity index (χ3v) is 9.20. The van der Waals surface area contributed by atoms with E-state index >= 15 is 0 Å². The first kappa shape index (κ1) is 31.2. The number of nitrogens with zero attached hydrogens (tertiary/aromatic N) is 2. The van der Waals surface area contributed by atoms with Crippen LogP contribution in [-0.4, -0.2) is 50.0 Å². The summed E-state index contributed by atoms with van der Waals surface area (Å²) in [5, 5.41) is 3.94. The Bertz CT molecular complexity index is 1210. The lowest BCUT2D eigenvalue weighted by molar-refractivity contribution is -0.141. The second-order valence-corrected chi connectivity index (χ2v) is 12.9. The van der Waals surface area contributed by atoms with Crippen LogP contribution in [0.25, 0.3) is 0 Å². The van der Waals surface area contributed by atoms with Gasteiger partial charge in [-0.2, -0.15) is 0 Å². The van der Waals surface area contributed by atoms with Crippen molar-refractivity contribution >= 4 is 50.7 Å². The molecule has 0 unspecified atom stereocenters. The largest absolute Gasteiger partial charge is 0.352 e. The lowest BCUT2D eigenvalue weighted by Gasteiger charge is -2.32. The molecule has 0 heterocycles. The normalized spacial score (nSPS) is 15.0. The Labute approximate surface area is 242 Å². The van der Waals surface area contributed by atoms with Gasteiger partial charge >= 0.3 is 0 Å². The van der Waals surface area contributed by atoms with Gasteiger partial charge in [0.25, 0.3) is 0 Å². The van der Waals surface area contributed by atoms with Gasteiger partial charge in [-0.05, 0) is 62.4 Å². The molecule has 2 aromatic rings. The van der Waals surface area contributed by atoms with Gasteiger partial charge in [0.15, 0.2) is 0 Å². The summed E-state index contributed by atoms with van der Waals surface area (Å²) in [6, 6.07) is 11.9. The Morgan fingerprint density at radius 2 is 1.64 bits per heavy atom. The molecule has 0 aliphatic heterocycles. The Hall–Kier alpha value is -2.29. The number of halogens is 2. The zero-order valence-electron chi connectivity index (χ0n) is 23.0. The fourth-order valence-electron chi connectivity index (χ4n) is 4.91. The Kier molecular flexibility index (Phi) is 11.5. The van der Waals surface area contributed by atoms with Crippen LogP contribution in [-0.2, 0) is 32.6 Å². The van der Waals surface area contributed by atoms with Crippen molar-refractivity contribution in [1.82, 2.24) is 10.2 Å². The van der Waals surface area contributed by atoms with E-state index in [0.29, 0.717) is 21.3 Å². The van der Waals surface area contributed by atoms with E-state index in [1.165, 1.54) is 15.6 Å². The minimum atomic E-state index is -3.55. The summed E-state index contributed by atoms with van der Waals surface area (Å²) in [7, 11) is -3.55. The van der Waals surface area contributed by atoms with Crippen molar-refractivity contribution in [2.75, 3.05) is 17.1 Å². The smallest absolute Gasteiger partial charge is 0.242 e. The van der Waals surface area contributed by atoms with E-state index in [1.807, 2.05) is 19.1 Å². The number of carbonyl (C=O) groups excluding carboxylic acids is 2. The number of benzene rings is 2. The van der Waals surface area contributed by atoms with Gasteiger partial charge < -0.3 is 10.2 Å². The van der Waals surface area contributed by atoms with Crippen LogP contribution >= 0.6 is 23.2 Å². The van der Waals surface area contributed by atoms with Crippen LogP contribution in [0.2, 0.25) is 10.0 Å². The lowest BCUT2D eigenvalue weighted by Crippen LogP contribution is -2.50. The summed E-state index contributed by atoms with van der Waals surface area (Å²) >= 11 is 12.8. The molecule has 1 atom stereocenters. The minimum absolute atomic E-state index is 0.0577. The number of anilines is 1. The van der Waals surface area contributed by atoms with Crippen molar-refractivity contribution in [1.29, 1.82) is 0 Å². The van der Waals surface area contributed by atoms with E-state index < -0.39 is 16.1 Å². The summed E-state index contributed by atoms with van der Waals surface area (Å²) in [4.78, 5) is 28.3. The fraction of sp³-hybridized carbons (Fsp3) is 0.517. The molecule has 1 N–H and O–H groups in total. The first-order chi connectivity index (χ1) is 18.5. The number of sulfonamides is 1. The zero-order valence-corrected chi connectivity index (χ0v) is 25.3. The molecule has 3 rings (SSSR count). The van der Waals surface area contributed by atoms with Crippen LogP contribution in [0.1, 0.15) is 69.9 Å². The predicted molar refractivity (Wildman–Crippen MR) is 159 cm³/mol. The number of rotatable bonds is 12. The molecule has 1 aliphatic rings. The van der Waals surface area contributed by atoms with E-state index in [1.54, 1.807) is 37.3 Å². The van der Waals surface area contributed by atoms with Crippen LogP contribution in [0.3, 0.4) is 0 Å². The average molecular weight is 597 g/mol. The number of hydrogen-bond donors (Lipinski definition) is 1. The third kappa shape index (κ3) is 8.85. The van der Waals surface area contributed by atoms with Crippen LogP contribution in [0.5, 0.6) is 0 Å². The maximum Gasteiger partial charge on any atom is 0.242 e. The second kappa shape index (κ2) is 14.4. The van der Waals surface area contributed by atoms with Gasteiger partial charge in [-0.1, -0.05) is 67.6 Å². The summed E-state index contributed by atoms with van der Waals surface area (Å²) in [6.45, 7) is 3.95. The van der Waals surface area contributed by atoms with E-state index in [9.17, 15) is 18.0 Å². The number of nitrogens with one attached hydrogen (secondary N) is 1. The Morgan fingerprint density at radius 3 is 2.21 bits per heavy atom. The van der Waals surface area contributed by atoms with E-state index in [0.717, 1.165) is 43.9 Å². The fourth-order valence-corrected chi connectivity index (χ4v) is 6.39. The Balaban J connectivity index is 1.75. The predicted octanol–water partition coefficient (Wildman–Crippen LogP) is 5.97. The first-order valence-electron chi connectivity index (χ1n) is 13.6. The highest BCUT2D eigenvalue weighted by Crippen LogP contribution is 2.27. The number of amides is 2. The first-order valence-corrected chi connectivity index (χ1v) is 16.2. The molecular weight excluding hydrogens is 557 g/mol. The second-order valence-electron chi connectivity index (χ2n) is 10.2. The standard InChI is InChI=1S/C29H39Cl2N3O4S/c1-4-22-15-17-24(18-16-22)34(39(3,37)38)19-9-14-28(35)33(20-25-26(30)12-8-13-27(25)31)21(2)29(36)32-23-10-6-5-7-11-23/h8,12-13,15-18,21,23H,4-7,9-11,14,19-20H2,1-3H3,(H,32,36)/t21-/m0/s1. The summed E-state index contributed by atoms with van der Waals surface area (Å²) in [5.41, 5.74) is 2.24. The molecule has 0 saturated heterocycles. The average Bonchev–Trinajstić information content (AvgIpc) is 2.90. The highest BCUT2D eigenvalue weighted by atomic mass is 35.5. The molecule has 0 spiro atoms. The molecule has 2 amide bonds. The molecule has 0 bridgehead atoms. The monoisotopic (exact) mass is 595 g/mol. The topological polar surface area (TPSA) is 86.8 Å². The lowest BCUT2D eigenvalue weighted by atomic mass is 9.95. The molecule has 1 fully saturated rings. The Morgan fingerprint density at radius 1 is 1.03 bits per heavy atom. The van der Waals surface area contributed by atoms with E-state index in [2.05, 4.69) is 5.32 Å². The van der Waals surface area contributed by atoms with Crippen molar-refractivity contribution in [3.05, 3.63) is 63.6 Å². The molecule has 0 aromatic heterocycles. The van der Waals surface area contributed by atoms with Crippen molar-refractivity contribution in [3.63, 3.8) is 0 Å². The molecule has 7 nitrogen and oxygen atoms in total. The van der Waals surface area contributed by atoms with Crippen LogP contribution in [0.4, 0.5) is 5.69 Å². The highest BCUT2D eigenvalue weighted by molar-refractivity contribution is 7.92. The van der Waals surface area contributed by atoms with E-state index in [-0.39, 0.29) is 43.8 Å². The van der Waals surface area contributed by atoms with Gasteiger partial charge in [0.2, 0.25) is 21.8 Å². The van der Waals surface area contributed by atoms with Gasteiger partial charge in [0.05, 0.1) is 11.9 Å². The van der Waals surface area contributed by atoms with Crippen molar-refractivity contribution < 1.29 is 18.0 Å². The molecule has 0 radical (unpaired) electrons. The minimum Gasteiger partial charge on any atom is -0.352 e. The van der Waals surface area contributed by atoms with Crippen LogP contribution in [0.15, 0.2) is 42.5 Å². The number of hydrogen-bond acceptors (Lipinski definition) is 4. The van der Waals surface area contributed by atoms with Gasteiger partial charge in [0, 0.05) is 41.2 Å². The maximum absolute atomic E-state index is 13.6. The summed E-state index contributed by atoms with van der Waals surface area (Å²) in [6.07, 6.45) is 7.55. The SMILES string of the molecule is CCc1ccc(N(CCCC(=O)N(Cc2c(Cl)cccc2Cl)[C@@H](C)C(=O)NC2CCCCC2)S(C)(=O)=O)cc1. The molecule has 39 heavy (non-hydrogen) atoms. The van der Waals surface area contributed by atoms with Gasteiger partial charge in [-0.25, -0.2) is 8.42 Å². The van der Waals surface area contributed by atoms with E-state index in [4.69, 9.17) is 23.2 Å². The maximum atomic E-state index is 13.6.